The Morgan fingerprint density at radius 1 is 0.911 bits per heavy atom. The van der Waals surface area contributed by atoms with Gasteiger partial charge in [0.2, 0.25) is 0 Å². The van der Waals surface area contributed by atoms with Crippen LogP contribution in [-0.4, -0.2) is 102 Å². The van der Waals surface area contributed by atoms with E-state index in [1.807, 2.05) is 47.6 Å². The highest BCUT2D eigenvalue weighted by atomic mass is 19.1. The number of piperidine rings is 1. The van der Waals surface area contributed by atoms with Gasteiger partial charge in [0.05, 0.1) is 13.1 Å². The Morgan fingerprint density at radius 2 is 1.58 bits per heavy atom. The summed E-state index contributed by atoms with van der Waals surface area (Å²) in [7, 11) is 0. The van der Waals surface area contributed by atoms with Crippen LogP contribution in [0.1, 0.15) is 85.6 Å². The molecule has 2 amide bonds. The predicted octanol–water partition coefficient (Wildman–Crippen LogP) is 6.13. The molecule has 0 spiro atoms. The molecule has 0 radical (unpaired) electrons. The molecular formula is C35H54F2N4O4. The molecule has 10 heteroatoms. The van der Waals surface area contributed by atoms with Crippen LogP contribution in [0.25, 0.3) is 0 Å². The second kappa shape index (κ2) is 13.0. The first-order valence-corrected chi connectivity index (χ1v) is 16.9. The van der Waals surface area contributed by atoms with Crippen molar-refractivity contribution >= 4 is 12.2 Å². The second-order valence-electron chi connectivity index (χ2n) is 16.0. The van der Waals surface area contributed by atoms with Crippen molar-refractivity contribution in [3.63, 3.8) is 0 Å². The van der Waals surface area contributed by atoms with Crippen LogP contribution in [0.3, 0.4) is 0 Å². The lowest BCUT2D eigenvalue weighted by molar-refractivity contribution is -0.0698. The van der Waals surface area contributed by atoms with Gasteiger partial charge in [-0.2, -0.15) is 0 Å². The molecule has 1 N–H and O–H groups in total. The fraction of sp³-hybridized carbons (Fsp3) is 0.771. The molecule has 252 valence electrons. The van der Waals surface area contributed by atoms with Gasteiger partial charge in [-0.3, -0.25) is 4.90 Å². The van der Waals surface area contributed by atoms with Crippen LogP contribution in [0.15, 0.2) is 24.3 Å². The van der Waals surface area contributed by atoms with Crippen LogP contribution in [-0.2, 0) is 14.9 Å². The van der Waals surface area contributed by atoms with Gasteiger partial charge >= 0.3 is 12.2 Å². The van der Waals surface area contributed by atoms with Crippen LogP contribution in [0.4, 0.5) is 18.4 Å². The highest BCUT2D eigenvalue weighted by Gasteiger charge is 2.54. The largest absolute Gasteiger partial charge is 0.444 e. The van der Waals surface area contributed by atoms with E-state index in [0.717, 1.165) is 76.8 Å². The van der Waals surface area contributed by atoms with Gasteiger partial charge in [0.25, 0.3) is 0 Å². The summed E-state index contributed by atoms with van der Waals surface area (Å²) in [6.07, 6.45) is 4.78. The minimum absolute atomic E-state index is 0.0458. The molecule has 3 aliphatic heterocycles. The van der Waals surface area contributed by atoms with Crippen molar-refractivity contribution in [3.05, 3.63) is 35.6 Å². The molecule has 0 bridgehead atoms. The molecule has 1 saturated carbocycles. The van der Waals surface area contributed by atoms with E-state index in [4.69, 9.17) is 9.47 Å². The third kappa shape index (κ3) is 8.10. The Balaban J connectivity index is 1.34. The number of amides is 2. The maximum Gasteiger partial charge on any atom is 0.410 e. The van der Waals surface area contributed by atoms with E-state index in [1.54, 1.807) is 6.07 Å². The summed E-state index contributed by atoms with van der Waals surface area (Å²) >= 11 is 0. The van der Waals surface area contributed by atoms with Gasteiger partial charge in [-0.15, -0.1) is 0 Å². The van der Waals surface area contributed by atoms with Gasteiger partial charge in [-0.25, -0.2) is 18.4 Å². The maximum absolute atomic E-state index is 15.7. The Bertz CT molecular complexity index is 1200. The Labute approximate surface area is 268 Å². The number of ether oxygens (including phenoxy) is 2. The average molecular weight is 633 g/mol. The number of nitrogens with one attached hydrogen (secondary N) is 1. The smallest absolute Gasteiger partial charge is 0.410 e. The average Bonchev–Trinajstić information content (AvgIpc) is 3.33. The van der Waals surface area contributed by atoms with Crippen LogP contribution in [0.2, 0.25) is 0 Å². The first-order chi connectivity index (χ1) is 21.1. The maximum atomic E-state index is 15.7. The second-order valence-corrected chi connectivity index (χ2v) is 16.0. The van der Waals surface area contributed by atoms with Gasteiger partial charge < -0.3 is 24.6 Å². The van der Waals surface area contributed by atoms with E-state index in [9.17, 15) is 14.0 Å². The molecular weight excluding hydrogens is 578 g/mol. The number of likely N-dealkylation sites (tertiary alicyclic amines) is 3. The molecule has 1 aromatic carbocycles. The lowest BCUT2D eigenvalue weighted by atomic mass is 9.57. The van der Waals surface area contributed by atoms with Gasteiger partial charge in [-0.05, 0) is 129 Å². The van der Waals surface area contributed by atoms with Crippen LogP contribution >= 0.6 is 0 Å². The SMILES string of the molecule is CC(C)(C)OC(=O)N[C@H]1CCC[C@@H]1[C@](CN1CCC1)(c1cccc(F)c1)C1CCN(CC2(F)CN(C(=O)OC(C)(C)C)C2)CC1. The molecule has 1 aliphatic carbocycles. The summed E-state index contributed by atoms with van der Waals surface area (Å²) in [4.78, 5) is 31.5. The quantitative estimate of drug-likeness (QED) is 0.372. The monoisotopic (exact) mass is 632 g/mol. The summed E-state index contributed by atoms with van der Waals surface area (Å²) in [6, 6.07) is 7.03. The van der Waals surface area contributed by atoms with Gasteiger partial charge in [0.15, 0.2) is 5.67 Å². The number of alkyl halides is 1. The number of hydrogen-bond acceptors (Lipinski definition) is 6. The van der Waals surface area contributed by atoms with Gasteiger partial charge in [0.1, 0.15) is 17.0 Å². The lowest BCUT2D eigenvalue weighted by Gasteiger charge is -2.54. The van der Waals surface area contributed by atoms with Crippen molar-refractivity contribution in [1.82, 2.24) is 20.0 Å². The molecule has 0 unspecified atom stereocenters. The summed E-state index contributed by atoms with van der Waals surface area (Å²) in [5.74, 6) is 0.106. The fourth-order valence-electron chi connectivity index (χ4n) is 8.19. The number of carbonyl (C=O) groups is 2. The topological polar surface area (TPSA) is 74.4 Å². The van der Waals surface area contributed by atoms with E-state index in [2.05, 4.69) is 21.2 Å². The normalized spacial score (nSPS) is 26.0. The first kappa shape index (κ1) is 33.9. The minimum atomic E-state index is -1.45. The molecule has 0 aromatic heterocycles. The molecule has 8 nitrogen and oxygen atoms in total. The van der Waals surface area contributed by atoms with E-state index in [-0.39, 0.29) is 48.7 Å². The van der Waals surface area contributed by atoms with E-state index >= 15 is 4.39 Å². The van der Waals surface area contributed by atoms with E-state index in [0.29, 0.717) is 0 Å². The molecule has 4 fully saturated rings. The zero-order chi connectivity index (χ0) is 32.6. The third-order valence-electron chi connectivity index (χ3n) is 10.1. The predicted molar refractivity (Wildman–Crippen MR) is 170 cm³/mol. The van der Waals surface area contributed by atoms with Crippen molar-refractivity contribution in [2.45, 2.75) is 108 Å². The summed E-state index contributed by atoms with van der Waals surface area (Å²) in [5.41, 5.74) is -2.03. The molecule has 1 aromatic rings. The molecule has 4 aliphatic rings. The minimum Gasteiger partial charge on any atom is -0.444 e. The number of halogens is 2. The molecule has 3 saturated heterocycles. The Kier molecular flexibility index (Phi) is 9.77. The van der Waals surface area contributed by atoms with E-state index < -0.39 is 29.1 Å². The fourth-order valence-corrected chi connectivity index (χ4v) is 8.19. The number of hydrogen-bond donors (Lipinski definition) is 1. The Hall–Kier alpha value is -2.46. The zero-order valence-electron chi connectivity index (χ0n) is 28.2. The summed E-state index contributed by atoms with van der Waals surface area (Å²) < 4.78 is 41.8. The van der Waals surface area contributed by atoms with Crippen LogP contribution in [0, 0.1) is 17.7 Å². The van der Waals surface area contributed by atoms with Crippen molar-refractivity contribution in [2.24, 2.45) is 11.8 Å². The van der Waals surface area contributed by atoms with Crippen molar-refractivity contribution in [3.8, 4) is 0 Å². The van der Waals surface area contributed by atoms with Crippen LogP contribution < -0.4 is 5.32 Å². The van der Waals surface area contributed by atoms with Crippen molar-refractivity contribution in [1.29, 1.82) is 0 Å². The molecule has 3 atom stereocenters. The van der Waals surface area contributed by atoms with Crippen LogP contribution in [0.5, 0.6) is 0 Å². The van der Waals surface area contributed by atoms with Gasteiger partial charge in [-0.1, -0.05) is 18.6 Å². The zero-order valence-corrected chi connectivity index (χ0v) is 28.2. The highest BCUT2D eigenvalue weighted by Crippen LogP contribution is 2.51. The first-order valence-electron chi connectivity index (χ1n) is 16.9. The Morgan fingerprint density at radius 3 is 2.16 bits per heavy atom. The third-order valence-corrected chi connectivity index (χ3v) is 10.1. The van der Waals surface area contributed by atoms with Crippen molar-refractivity contribution < 1.29 is 27.8 Å². The lowest BCUT2D eigenvalue weighted by Crippen LogP contribution is -2.66. The summed E-state index contributed by atoms with van der Waals surface area (Å²) in [6.45, 7) is 15.7. The van der Waals surface area contributed by atoms with Gasteiger partial charge in [0, 0.05) is 24.5 Å². The number of carbonyl (C=O) groups excluding carboxylic acids is 2. The standard InChI is InChI=1S/C35H54F2N4O4/c1-32(2,3)44-30(42)38-29-13-8-12-28(29)35(24-39-16-9-17-39,26-10-7-11-27(36)20-26)25-14-18-40(19-15-25)21-34(37)22-41(23-34)31(43)45-33(4,5)6/h7,10-11,20,25,28-29H,8-9,12-19,21-24H2,1-6H3,(H,38,42)/t28-,29-,35-/m0/s1. The number of alkyl carbamates (subject to hydrolysis) is 1. The number of nitrogens with zero attached hydrogens (tertiary/aromatic N) is 3. The highest BCUT2D eigenvalue weighted by molar-refractivity contribution is 5.69. The number of rotatable bonds is 8. The molecule has 3 heterocycles. The molecule has 5 rings (SSSR count). The molecule has 45 heavy (non-hydrogen) atoms. The summed E-state index contributed by atoms with van der Waals surface area (Å²) in [5, 5.41) is 3.23. The van der Waals surface area contributed by atoms with Crippen molar-refractivity contribution in [2.75, 3.05) is 52.4 Å². The van der Waals surface area contributed by atoms with E-state index in [1.165, 1.54) is 11.0 Å². The number of benzene rings is 1.